The minimum absolute atomic E-state index is 0. The number of rotatable bonds is 3. The molecule has 0 heteroatoms. The molecule has 0 amide bonds. The molecule has 2 aromatic rings. The molecule has 0 heterocycles. The number of allylic oxidation sites excluding steroid dienone is 4. The topological polar surface area (TPSA) is 0 Å². The van der Waals surface area contributed by atoms with Gasteiger partial charge in [-0.2, -0.15) is 0 Å². The summed E-state index contributed by atoms with van der Waals surface area (Å²) in [6.07, 6.45) is 4.79. The van der Waals surface area contributed by atoms with E-state index in [1.807, 2.05) is 0 Å². The van der Waals surface area contributed by atoms with E-state index in [2.05, 4.69) is 90.1 Å². The van der Waals surface area contributed by atoms with Crippen LogP contribution < -0.4 is 0 Å². The van der Waals surface area contributed by atoms with Crippen molar-refractivity contribution in [2.75, 3.05) is 0 Å². The number of hydrogen-bond donors (Lipinski definition) is 0. The summed E-state index contributed by atoms with van der Waals surface area (Å²) in [5.74, 6) is 0.991. The Morgan fingerprint density at radius 3 is 2.08 bits per heavy atom. The van der Waals surface area contributed by atoms with E-state index in [1.165, 1.54) is 44.5 Å². The molecule has 24 heavy (non-hydrogen) atoms. The fourth-order valence-corrected chi connectivity index (χ4v) is 3.58. The zero-order valence-electron chi connectivity index (χ0n) is 15.8. The third kappa shape index (κ3) is 3.11. The second-order valence-corrected chi connectivity index (χ2v) is 7.56. The van der Waals surface area contributed by atoms with Crippen LogP contribution in [0.2, 0.25) is 0 Å². The summed E-state index contributed by atoms with van der Waals surface area (Å²) in [7, 11) is 0. The van der Waals surface area contributed by atoms with E-state index in [0.29, 0.717) is 11.8 Å². The number of aryl methyl sites for hydroxylation is 3. The highest BCUT2D eigenvalue weighted by atomic mass is 14.2. The van der Waals surface area contributed by atoms with E-state index in [1.54, 1.807) is 0 Å². The number of hydrogen-bond acceptors (Lipinski definition) is 0. The van der Waals surface area contributed by atoms with Crippen molar-refractivity contribution in [3.63, 3.8) is 0 Å². The molecule has 0 nitrogen and oxygen atoms in total. The second-order valence-electron chi connectivity index (χ2n) is 7.56. The third-order valence-corrected chi connectivity index (χ3v) is 5.33. The highest BCUT2D eigenvalue weighted by Crippen LogP contribution is 2.38. The average molecular weight is 319 g/mol. The van der Waals surface area contributed by atoms with Crippen LogP contribution in [-0.2, 0) is 0 Å². The summed E-state index contributed by atoms with van der Waals surface area (Å²) < 4.78 is 0. The zero-order chi connectivity index (χ0) is 17.4. The first kappa shape index (κ1) is 16.8. The zero-order valence-corrected chi connectivity index (χ0v) is 15.8. The Morgan fingerprint density at radius 2 is 1.46 bits per heavy atom. The highest BCUT2D eigenvalue weighted by Gasteiger charge is 2.19. The highest BCUT2D eigenvalue weighted by molar-refractivity contribution is 5.81. The van der Waals surface area contributed by atoms with Gasteiger partial charge in [-0.3, -0.25) is 0 Å². The summed E-state index contributed by atoms with van der Waals surface area (Å²) in [6, 6.07) is 13.8. The summed E-state index contributed by atoms with van der Waals surface area (Å²) in [4.78, 5) is 0. The van der Waals surface area contributed by atoms with E-state index in [9.17, 15) is 0 Å². The smallest absolute Gasteiger partial charge is 0.0237 e. The Morgan fingerprint density at radius 1 is 0.833 bits per heavy atom. The van der Waals surface area contributed by atoms with Crippen LogP contribution in [0.3, 0.4) is 0 Å². The molecule has 2 aromatic carbocycles. The molecule has 0 bridgehead atoms. The second kappa shape index (κ2) is 6.43. The quantitative estimate of drug-likeness (QED) is 0.565. The van der Waals surface area contributed by atoms with Crippen LogP contribution in [0.5, 0.6) is 0 Å². The minimum atomic E-state index is 0. The Bertz CT molecular complexity index is 820. The molecule has 0 fully saturated rings. The van der Waals surface area contributed by atoms with Gasteiger partial charge in [0.05, 0.1) is 0 Å². The molecule has 1 unspecified atom stereocenters. The average Bonchev–Trinajstić information content (AvgIpc) is 2.92. The van der Waals surface area contributed by atoms with Gasteiger partial charge >= 0.3 is 0 Å². The van der Waals surface area contributed by atoms with Gasteiger partial charge in [-0.05, 0) is 72.6 Å². The van der Waals surface area contributed by atoms with Gasteiger partial charge in [0.15, 0.2) is 0 Å². The van der Waals surface area contributed by atoms with Crippen molar-refractivity contribution in [2.24, 2.45) is 0 Å². The first-order valence-electron chi connectivity index (χ1n) is 8.95. The molecule has 0 saturated heterocycles. The molecule has 0 spiro atoms. The van der Waals surface area contributed by atoms with E-state index < -0.39 is 0 Å². The van der Waals surface area contributed by atoms with Gasteiger partial charge in [0, 0.05) is 7.34 Å². The molecular formula is C24H30. The van der Waals surface area contributed by atoms with Crippen molar-refractivity contribution >= 4 is 5.57 Å². The molecule has 1 aliphatic rings. The summed E-state index contributed by atoms with van der Waals surface area (Å²) >= 11 is 0. The van der Waals surface area contributed by atoms with Crippen molar-refractivity contribution in [2.45, 2.75) is 53.4 Å². The van der Waals surface area contributed by atoms with Gasteiger partial charge in [-0.1, -0.05) is 68.0 Å². The van der Waals surface area contributed by atoms with Crippen LogP contribution in [0.25, 0.3) is 5.57 Å². The molecule has 0 aliphatic heterocycles. The van der Waals surface area contributed by atoms with Crippen molar-refractivity contribution in [3.05, 3.63) is 87.5 Å². The molecule has 1 aliphatic carbocycles. The van der Waals surface area contributed by atoms with Crippen molar-refractivity contribution in [1.82, 2.24) is 0 Å². The lowest BCUT2D eigenvalue weighted by atomic mass is 9.92. The van der Waals surface area contributed by atoms with Gasteiger partial charge in [-0.15, -0.1) is 0 Å². The fourth-order valence-electron chi connectivity index (χ4n) is 3.58. The molecule has 0 saturated carbocycles. The Hall–Kier alpha value is -2.08. The predicted molar refractivity (Wildman–Crippen MR) is 108 cm³/mol. The van der Waals surface area contributed by atoms with Gasteiger partial charge < -0.3 is 0 Å². The van der Waals surface area contributed by atoms with Gasteiger partial charge in [0.2, 0.25) is 0 Å². The lowest BCUT2D eigenvalue weighted by Crippen LogP contribution is -1.95. The maximum absolute atomic E-state index is 2.43. The van der Waals surface area contributed by atoms with Crippen molar-refractivity contribution < 1.29 is 1.43 Å². The minimum Gasteiger partial charge on any atom is -0.0651 e. The van der Waals surface area contributed by atoms with E-state index in [-0.39, 0.29) is 1.43 Å². The molecule has 0 N–H and O–H groups in total. The molecule has 126 valence electrons. The first-order chi connectivity index (χ1) is 11.4. The molecule has 3 rings (SSSR count). The van der Waals surface area contributed by atoms with Crippen LogP contribution in [0, 0.1) is 20.8 Å². The maximum Gasteiger partial charge on any atom is 0.0237 e. The standard InChI is InChI=1S/C24H28.H2/c1-15(2)20-7-9-21(10-8-20)24-14-22(12-19(24)6)23-13-17(4)16(3)11-18(23)5;/h7-15,24H,1-6H3;1H. The Labute approximate surface area is 148 Å². The lowest BCUT2D eigenvalue weighted by molar-refractivity contribution is 0.863. The predicted octanol–water partition coefficient (Wildman–Crippen LogP) is 7.11. The molecule has 1 atom stereocenters. The van der Waals surface area contributed by atoms with Crippen LogP contribution >= 0.6 is 0 Å². The number of benzene rings is 2. The van der Waals surface area contributed by atoms with Crippen LogP contribution in [0.1, 0.15) is 67.4 Å². The Kier molecular flexibility index (Phi) is 4.49. The van der Waals surface area contributed by atoms with Gasteiger partial charge in [-0.25, -0.2) is 0 Å². The maximum atomic E-state index is 2.43. The van der Waals surface area contributed by atoms with Gasteiger partial charge in [0.1, 0.15) is 0 Å². The fraction of sp³-hybridized carbons (Fsp3) is 0.333. The normalized spacial score (nSPS) is 17.2. The first-order valence-corrected chi connectivity index (χ1v) is 8.95. The summed E-state index contributed by atoms with van der Waals surface area (Å²) in [5, 5.41) is 0. The van der Waals surface area contributed by atoms with E-state index in [0.717, 1.165) is 0 Å². The SMILES string of the molecule is CC1=CC(c2cc(C)c(C)cc2C)=CC1c1ccc(C(C)C)cc1.[HH]. The van der Waals surface area contributed by atoms with E-state index in [4.69, 9.17) is 0 Å². The Balaban J connectivity index is 0.00000225. The molecule has 0 radical (unpaired) electrons. The summed E-state index contributed by atoms with van der Waals surface area (Å²) in [6.45, 7) is 13.4. The lowest BCUT2D eigenvalue weighted by Gasteiger charge is -2.13. The van der Waals surface area contributed by atoms with Crippen LogP contribution in [-0.4, -0.2) is 0 Å². The van der Waals surface area contributed by atoms with Crippen LogP contribution in [0.15, 0.2) is 54.1 Å². The van der Waals surface area contributed by atoms with Gasteiger partial charge in [0.25, 0.3) is 0 Å². The largest absolute Gasteiger partial charge is 0.0651 e. The molecular weight excluding hydrogens is 288 g/mol. The third-order valence-electron chi connectivity index (χ3n) is 5.33. The molecule has 0 aromatic heterocycles. The van der Waals surface area contributed by atoms with Crippen molar-refractivity contribution in [1.29, 1.82) is 0 Å². The monoisotopic (exact) mass is 318 g/mol. The van der Waals surface area contributed by atoms with Crippen LogP contribution in [0.4, 0.5) is 0 Å². The summed E-state index contributed by atoms with van der Waals surface area (Å²) in [5.41, 5.74) is 11.1. The van der Waals surface area contributed by atoms with E-state index >= 15 is 0 Å². The van der Waals surface area contributed by atoms with Crippen molar-refractivity contribution in [3.8, 4) is 0 Å².